The maximum atomic E-state index is 12.2. The second-order valence-corrected chi connectivity index (χ2v) is 6.82. The molecule has 7 heteroatoms. The Balaban J connectivity index is 1.56. The highest BCUT2D eigenvalue weighted by atomic mass is 32.1. The van der Waals surface area contributed by atoms with Gasteiger partial charge in [0.25, 0.3) is 5.91 Å². The summed E-state index contributed by atoms with van der Waals surface area (Å²) in [7, 11) is 3.25. The fourth-order valence-electron chi connectivity index (χ4n) is 2.56. The number of thiazole rings is 1. The van der Waals surface area contributed by atoms with E-state index in [9.17, 15) is 4.79 Å². The van der Waals surface area contributed by atoms with Gasteiger partial charge < -0.3 is 14.2 Å². The lowest BCUT2D eigenvalue weighted by atomic mass is 10.1. The molecule has 0 unspecified atom stereocenters. The molecule has 3 aromatic rings. The topological polar surface area (TPSA) is 69.7 Å². The zero-order valence-electron chi connectivity index (χ0n) is 15.8. The van der Waals surface area contributed by atoms with Crippen molar-refractivity contribution in [3.63, 3.8) is 0 Å². The van der Waals surface area contributed by atoms with Gasteiger partial charge in [0, 0.05) is 18.1 Å². The number of aromatic nitrogens is 1. The van der Waals surface area contributed by atoms with Crippen LogP contribution >= 0.6 is 11.3 Å². The van der Waals surface area contributed by atoms with Crippen molar-refractivity contribution in [2.45, 2.75) is 6.42 Å². The Labute approximate surface area is 168 Å². The van der Waals surface area contributed by atoms with Crippen molar-refractivity contribution < 1.29 is 19.0 Å². The van der Waals surface area contributed by atoms with Gasteiger partial charge in [0.15, 0.2) is 23.2 Å². The lowest BCUT2D eigenvalue weighted by Gasteiger charge is -2.09. The molecule has 1 heterocycles. The van der Waals surface area contributed by atoms with Gasteiger partial charge in [-0.05, 0) is 24.1 Å². The number of carbonyl (C=O) groups excluding carboxylic acids is 1. The molecule has 6 nitrogen and oxygen atoms in total. The van der Waals surface area contributed by atoms with Crippen LogP contribution in [-0.2, 0) is 16.0 Å². The number of nitrogens with zero attached hydrogens (tertiary/aromatic N) is 1. The van der Waals surface area contributed by atoms with Crippen LogP contribution in [0.25, 0.3) is 11.3 Å². The van der Waals surface area contributed by atoms with Gasteiger partial charge >= 0.3 is 0 Å². The lowest BCUT2D eigenvalue weighted by Crippen LogP contribution is -2.20. The fourth-order valence-corrected chi connectivity index (χ4v) is 3.30. The number of hydrogen-bond donors (Lipinski definition) is 1. The van der Waals surface area contributed by atoms with Crippen molar-refractivity contribution in [1.29, 1.82) is 0 Å². The van der Waals surface area contributed by atoms with Crippen molar-refractivity contribution in [2.75, 3.05) is 32.8 Å². The molecule has 1 amide bonds. The summed E-state index contributed by atoms with van der Waals surface area (Å²) in [6.45, 7) is 0.576. The van der Waals surface area contributed by atoms with E-state index in [1.54, 1.807) is 26.4 Å². The van der Waals surface area contributed by atoms with E-state index < -0.39 is 0 Å². The van der Waals surface area contributed by atoms with Crippen molar-refractivity contribution in [3.8, 4) is 22.8 Å². The van der Waals surface area contributed by atoms with Crippen LogP contribution in [-0.4, -0.2) is 38.3 Å². The van der Waals surface area contributed by atoms with E-state index in [0.29, 0.717) is 23.2 Å². The first-order valence-electron chi connectivity index (χ1n) is 8.79. The van der Waals surface area contributed by atoms with Gasteiger partial charge in [0.2, 0.25) is 0 Å². The Hall–Kier alpha value is -2.90. The number of carbonyl (C=O) groups is 1. The molecule has 28 heavy (non-hydrogen) atoms. The largest absolute Gasteiger partial charge is 0.493 e. The quantitative estimate of drug-likeness (QED) is 0.589. The maximum Gasteiger partial charge on any atom is 0.264 e. The Morgan fingerprint density at radius 3 is 2.54 bits per heavy atom. The smallest absolute Gasteiger partial charge is 0.264 e. The van der Waals surface area contributed by atoms with E-state index in [4.69, 9.17) is 14.2 Å². The minimum Gasteiger partial charge on any atom is -0.493 e. The normalized spacial score (nSPS) is 10.5. The first-order valence-corrected chi connectivity index (χ1v) is 9.67. The van der Waals surface area contributed by atoms with Crippen LogP contribution in [0.15, 0.2) is 53.9 Å². The zero-order chi connectivity index (χ0) is 19.8. The fraction of sp³-hybridized carbons (Fsp3) is 0.238. The molecule has 0 spiro atoms. The third-order valence-electron chi connectivity index (χ3n) is 4.02. The van der Waals surface area contributed by atoms with Gasteiger partial charge in [-0.15, -0.1) is 11.3 Å². The summed E-state index contributed by atoms with van der Waals surface area (Å²) < 4.78 is 15.8. The number of amides is 1. The van der Waals surface area contributed by atoms with Crippen LogP contribution in [0.1, 0.15) is 5.56 Å². The predicted molar refractivity (Wildman–Crippen MR) is 110 cm³/mol. The molecule has 0 radical (unpaired) electrons. The number of methoxy groups -OCH3 is 2. The molecule has 1 aromatic heterocycles. The molecule has 0 atom stereocenters. The van der Waals surface area contributed by atoms with Gasteiger partial charge in [-0.3, -0.25) is 10.1 Å². The summed E-state index contributed by atoms with van der Waals surface area (Å²) >= 11 is 1.38. The molecular weight excluding hydrogens is 376 g/mol. The number of para-hydroxylation sites is 2. The number of rotatable bonds is 9. The third-order valence-corrected chi connectivity index (χ3v) is 4.78. The molecule has 0 fully saturated rings. The summed E-state index contributed by atoms with van der Waals surface area (Å²) in [6.07, 6.45) is 0.876. The second kappa shape index (κ2) is 9.87. The van der Waals surface area contributed by atoms with Gasteiger partial charge in [-0.2, -0.15) is 0 Å². The van der Waals surface area contributed by atoms with Crippen LogP contribution in [0, 0.1) is 0 Å². The average molecular weight is 398 g/mol. The molecule has 0 aliphatic rings. The Morgan fingerprint density at radius 2 is 1.82 bits per heavy atom. The minimum absolute atomic E-state index is 0.122. The van der Waals surface area contributed by atoms with Crippen molar-refractivity contribution in [2.24, 2.45) is 0 Å². The van der Waals surface area contributed by atoms with Crippen molar-refractivity contribution in [1.82, 2.24) is 4.98 Å². The molecule has 146 valence electrons. The highest BCUT2D eigenvalue weighted by Gasteiger charge is 2.10. The zero-order valence-corrected chi connectivity index (χ0v) is 16.6. The molecule has 0 saturated heterocycles. The molecule has 3 rings (SSSR count). The molecule has 1 N–H and O–H groups in total. The molecular formula is C21H22N2O4S. The maximum absolute atomic E-state index is 12.2. The first-order chi connectivity index (χ1) is 13.7. The van der Waals surface area contributed by atoms with E-state index in [1.165, 1.54) is 16.9 Å². The number of hydrogen-bond acceptors (Lipinski definition) is 6. The Bertz CT molecular complexity index is 909. The van der Waals surface area contributed by atoms with Crippen LogP contribution in [0.4, 0.5) is 5.13 Å². The highest BCUT2D eigenvalue weighted by molar-refractivity contribution is 7.14. The van der Waals surface area contributed by atoms with Crippen LogP contribution in [0.3, 0.4) is 0 Å². The van der Waals surface area contributed by atoms with Crippen molar-refractivity contribution >= 4 is 22.4 Å². The number of benzene rings is 2. The molecule has 2 aromatic carbocycles. The average Bonchev–Trinajstić information content (AvgIpc) is 3.19. The molecule has 0 saturated carbocycles. The number of anilines is 1. The summed E-state index contributed by atoms with van der Waals surface area (Å²) in [5, 5.41) is 5.22. The number of ether oxygens (including phenoxy) is 3. The van der Waals surface area contributed by atoms with Crippen LogP contribution < -0.4 is 14.8 Å². The Morgan fingerprint density at radius 1 is 1.07 bits per heavy atom. The molecule has 0 bridgehead atoms. The van der Waals surface area contributed by atoms with Crippen LogP contribution in [0.2, 0.25) is 0 Å². The lowest BCUT2D eigenvalue weighted by molar-refractivity contribution is -0.118. The summed E-state index contributed by atoms with van der Waals surface area (Å²) in [5.74, 6) is 0.830. The summed E-state index contributed by atoms with van der Waals surface area (Å²) in [6, 6.07) is 15.4. The van der Waals surface area contributed by atoms with E-state index in [0.717, 1.165) is 17.7 Å². The summed E-state index contributed by atoms with van der Waals surface area (Å²) in [5.41, 5.74) is 3.04. The van der Waals surface area contributed by atoms with E-state index >= 15 is 0 Å². The predicted octanol–water partition coefficient (Wildman–Crippen LogP) is 4.03. The third kappa shape index (κ3) is 5.31. The van der Waals surface area contributed by atoms with E-state index in [-0.39, 0.29) is 12.5 Å². The Kier molecular flexibility index (Phi) is 7.00. The monoisotopic (exact) mass is 398 g/mol. The first kappa shape index (κ1) is 19.9. The second-order valence-electron chi connectivity index (χ2n) is 5.97. The van der Waals surface area contributed by atoms with Gasteiger partial charge in [-0.25, -0.2) is 4.98 Å². The van der Waals surface area contributed by atoms with Crippen LogP contribution in [0.5, 0.6) is 11.5 Å². The standard InChI is InChI=1S/C21H22N2O4S/c1-25-12-11-15-7-9-16(10-8-15)17-14-28-21(22-17)23-20(24)13-27-19-6-4-3-5-18(19)26-2/h3-10,14H,11-13H2,1-2H3,(H,22,23,24). The molecule has 0 aliphatic carbocycles. The number of nitrogens with one attached hydrogen (secondary N) is 1. The summed E-state index contributed by atoms with van der Waals surface area (Å²) in [4.78, 5) is 16.6. The van der Waals surface area contributed by atoms with E-state index in [2.05, 4.69) is 22.4 Å². The SMILES string of the molecule is COCCc1ccc(-c2csc(NC(=O)COc3ccccc3OC)n2)cc1. The van der Waals surface area contributed by atoms with Gasteiger partial charge in [-0.1, -0.05) is 36.4 Å². The molecule has 0 aliphatic heterocycles. The van der Waals surface area contributed by atoms with Crippen molar-refractivity contribution in [3.05, 3.63) is 59.5 Å². The van der Waals surface area contributed by atoms with Gasteiger partial charge in [0.05, 0.1) is 19.4 Å². The minimum atomic E-state index is -0.276. The van der Waals surface area contributed by atoms with Gasteiger partial charge in [0.1, 0.15) is 0 Å². The van der Waals surface area contributed by atoms with E-state index in [1.807, 2.05) is 29.6 Å². The highest BCUT2D eigenvalue weighted by Crippen LogP contribution is 2.27.